The van der Waals surface area contributed by atoms with Crippen LogP contribution in [0.1, 0.15) is 33.6 Å². The second-order valence-electron chi connectivity index (χ2n) is 5.76. The van der Waals surface area contributed by atoms with Crippen LogP contribution in [0.5, 0.6) is 0 Å². The first kappa shape index (κ1) is 17.5. The second kappa shape index (κ2) is 7.16. The number of rotatable bonds is 3. The lowest BCUT2D eigenvalue weighted by molar-refractivity contribution is 0.0425. The first-order valence-corrected chi connectivity index (χ1v) is 6.15. The molecule has 0 bridgehead atoms. The summed E-state index contributed by atoms with van der Waals surface area (Å²) >= 11 is 0. The molecule has 1 fully saturated rings. The molecular formula is C12H25ClN2O3. The summed E-state index contributed by atoms with van der Waals surface area (Å²) in [6.45, 7) is 7.84. The van der Waals surface area contributed by atoms with Crippen LogP contribution in [0.25, 0.3) is 0 Å². The van der Waals surface area contributed by atoms with Crippen LogP contribution in [-0.2, 0) is 4.74 Å². The zero-order chi connectivity index (χ0) is 12.9. The van der Waals surface area contributed by atoms with Crippen LogP contribution >= 0.6 is 12.4 Å². The lowest BCUT2D eigenvalue weighted by Crippen LogP contribution is -2.47. The first-order valence-electron chi connectivity index (χ1n) is 6.15. The Morgan fingerprint density at radius 3 is 2.39 bits per heavy atom. The van der Waals surface area contributed by atoms with Crippen LogP contribution in [0, 0.1) is 5.41 Å². The summed E-state index contributed by atoms with van der Waals surface area (Å²) in [4.78, 5) is 11.5. The van der Waals surface area contributed by atoms with Gasteiger partial charge in [0.2, 0.25) is 0 Å². The van der Waals surface area contributed by atoms with E-state index in [-0.39, 0.29) is 24.4 Å². The van der Waals surface area contributed by atoms with Gasteiger partial charge in [-0.05, 0) is 46.7 Å². The van der Waals surface area contributed by atoms with E-state index in [9.17, 15) is 9.90 Å². The minimum atomic E-state index is -0.482. The zero-order valence-electron chi connectivity index (χ0n) is 11.4. The van der Waals surface area contributed by atoms with Crippen molar-refractivity contribution in [2.75, 3.05) is 26.2 Å². The van der Waals surface area contributed by atoms with Crippen molar-refractivity contribution in [1.82, 2.24) is 10.6 Å². The summed E-state index contributed by atoms with van der Waals surface area (Å²) in [5, 5.41) is 15.5. The molecule has 0 aromatic heterocycles. The van der Waals surface area contributed by atoms with E-state index in [1.54, 1.807) is 0 Å². The third-order valence-corrected chi connectivity index (χ3v) is 3.01. The zero-order valence-corrected chi connectivity index (χ0v) is 12.2. The van der Waals surface area contributed by atoms with Crippen molar-refractivity contribution < 1.29 is 14.6 Å². The van der Waals surface area contributed by atoms with Crippen molar-refractivity contribution in [3.8, 4) is 0 Å². The van der Waals surface area contributed by atoms with Crippen molar-refractivity contribution in [3.63, 3.8) is 0 Å². The summed E-state index contributed by atoms with van der Waals surface area (Å²) in [7, 11) is 0. The number of hydrogen-bond donors (Lipinski definition) is 3. The Hall–Kier alpha value is -0.520. The van der Waals surface area contributed by atoms with Gasteiger partial charge in [0.15, 0.2) is 0 Å². The molecule has 0 aromatic carbocycles. The van der Waals surface area contributed by atoms with E-state index in [1.807, 2.05) is 20.8 Å². The summed E-state index contributed by atoms with van der Waals surface area (Å²) < 4.78 is 5.17. The van der Waals surface area contributed by atoms with E-state index in [0.717, 1.165) is 25.9 Å². The van der Waals surface area contributed by atoms with Gasteiger partial charge < -0.3 is 20.5 Å². The summed E-state index contributed by atoms with van der Waals surface area (Å²) in [5.41, 5.74) is -0.674. The van der Waals surface area contributed by atoms with Crippen LogP contribution in [-0.4, -0.2) is 43.0 Å². The van der Waals surface area contributed by atoms with Gasteiger partial charge in [-0.2, -0.15) is 0 Å². The average molecular weight is 281 g/mol. The maximum Gasteiger partial charge on any atom is 0.407 e. The average Bonchev–Trinajstić information content (AvgIpc) is 2.25. The fourth-order valence-corrected chi connectivity index (χ4v) is 1.92. The summed E-state index contributed by atoms with van der Waals surface area (Å²) in [5.74, 6) is 0. The highest BCUT2D eigenvalue weighted by Gasteiger charge is 2.32. The van der Waals surface area contributed by atoms with Gasteiger partial charge in [-0.3, -0.25) is 0 Å². The third-order valence-electron chi connectivity index (χ3n) is 3.01. The van der Waals surface area contributed by atoms with E-state index in [2.05, 4.69) is 10.6 Å². The number of piperidine rings is 1. The Morgan fingerprint density at radius 2 is 1.94 bits per heavy atom. The topological polar surface area (TPSA) is 70.6 Å². The smallest absolute Gasteiger partial charge is 0.407 e. The number of ether oxygens (including phenoxy) is 1. The minimum absolute atomic E-state index is 0. The number of aliphatic hydroxyl groups is 1. The van der Waals surface area contributed by atoms with E-state index >= 15 is 0 Å². The fraction of sp³-hybridized carbons (Fsp3) is 0.917. The number of nitrogens with one attached hydrogen (secondary N) is 2. The molecule has 108 valence electrons. The van der Waals surface area contributed by atoms with Gasteiger partial charge in [0.05, 0.1) is 6.61 Å². The number of amides is 1. The molecule has 1 amide bonds. The maximum atomic E-state index is 11.5. The number of halogens is 1. The van der Waals surface area contributed by atoms with Crippen LogP contribution in [0.15, 0.2) is 0 Å². The second-order valence-corrected chi connectivity index (χ2v) is 5.76. The maximum absolute atomic E-state index is 11.5. The molecular weight excluding hydrogens is 256 g/mol. The van der Waals surface area contributed by atoms with Crippen molar-refractivity contribution >= 4 is 18.5 Å². The predicted octanol–water partition coefficient (Wildman–Crippen LogP) is 1.29. The Bertz CT molecular complexity index is 261. The van der Waals surface area contributed by atoms with Crippen LogP contribution < -0.4 is 10.6 Å². The molecule has 6 heteroatoms. The van der Waals surface area contributed by atoms with E-state index < -0.39 is 11.7 Å². The monoisotopic (exact) mass is 280 g/mol. The molecule has 0 aromatic rings. The number of aliphatic hydroxyl groups excluding tert-OH is 1. The van der Waals surface area contributed by atoms with Gasteiger partial charge in [-0.1, -0.05) is 0 Å². The number of carbonyl (C=O) groups excluding carboxylic acids is 1. The molecule has 1 saturated heterocycles. The normalized spacial score (nSPS) is 18.7. The standard InChI is InChI=1S/C12H24N2O3.ClH/c1-11(2,3)17-10(16)14-8-12(9-15)4-6-13-7-5-12;/h13,15H,4-9H2,1-3H3,(H,14,16);1H. The Labute approximate surface area is 115 Å². The highest BCUT2D eigenvalue weighted by atomic mass is 35.5. The van der Waals surface area contributed by atoms with Gasteiger partial charge in [-0.25, -0.2) is 4.79 Å². The molecule has 0 aliphatic carbocycles. The van der Waals surface area contributed by atoms with Gasteiger partial charge >= 0.3 is 6.09 Å². The van der Waals surface area contributed by atoms with Crippen LogP contribution in [0.2, 0.25) is 0 Å². The minimum Gasteiger partial charge on any atom is -0.444 e. The molecule has 1 heterocycles. The van der Waals surface area contributed by atoms with Crippen molar-refractivity contribution in [3.05, 3.63) is 0 Å². The summed E-state index contributed by atoms with van der Waals surface area (Å²) in [6.07, 6.45) is 1.34. The number of carbonyl (C=O) groups is 1. The molecule has 0 atom stereocenters. The third kappa shape index (κ3) is 5.89. The Balaban J connectivity index is 0.00000289. The molecule has 0 spiro atoms. The molecule has 1 aliphatic heterocycles. The van der Waals surface area contributed by atoms with Crippen molar-refractivity contribution in [1.29, 1.82) is 0 Å². The summed E-state index contributed by atoms with van der Waals surface area (Å²) in [6, 6.07) is 0. The van der Waals surface area contributed by atoms with Crippen LogP contribution in [0.4, 0.5) is 4.79 Å². The van der Waals surface area contributed by atoms with E-state index in [4.69, 9.17) is 4.74 Å². The van der Waals surface area contributed by atoms with Gasteiger partial charge in [0.25, 0.3) is 0 Å². The quantitative estimate of drug-likeness (QED) is 0.729. The highest BCUT2D eigenvalue weighted by molar-refractivity contribution is 5.85. The molecule has 3 N–H and O–H groups in total. The van der Waals surface area contributed by atoms with Crippen molar-refractivity contribution in [2.24, 2.45) is 5.41 Å². The Morgan fingerprint density at radius 1 is 1.39 bits per heavy atom. The van der Waals surface area contributed by atoms with Crippen molar-refractivity contribution in [2.45, 2.75) is 39.2 Å². The number of alkyl carbamates (subject to hydrolysis) is 1. The first-order chi connectivity index (χ1) is 7.87. The van der Waals surface area contributed by atoms with Crippen LogP contribution in [0.3, 0.4) is 0 Å². The lowest BCUT2D eigenvalue weighted by atomic mass is 9.80. The molecule has 0 unspecified atom stereocenters. The highest BCUT2D eigenvalue weighted by Crippen LogP contribution is 2.27. The van der Waals surface area contributed by atoms with E-state index in [0.29, 0.717) is 6.54 Å². The Kier molecular flexibility index (Phi) is 6.96. The van der Waals surface area contributed by atoms with Gasteiger partial charge in [0, 0.05) is 12.0 Å². The predicted molar refractivity (Wildman–Crippen MR) is 73.1 cm³/mol. The molecule has 5 nitrogen and oxygen atoms in total. The van der Waals surface area contributed by atoms with E-state index in [1.165, 1.54) is 0 Å². The van der Waals surface area contributed by atoms with Gasteiger partial charge in [0.1, 0.15) is 5.60 Å². The molecule has 0 saturated carbocycles. The molecule has 1 aliphatic rings. The number of hydrogen-bond acceptors (Lipinski definition) is 4. The fourth-order valence-electron chi connectivity index (χ4n) is 1.92. The molecule has 18 heavy (non-hydrogen) atoms. The molecule has 0 radical (unpaired) electrons. The lowest BCUT2D eigenvalue weighted by Gasteiger charge is -2.36. The molecule has 1 rings (SSSR count). The van der Waals surface area contributed by atoms with Gasteiger partial charge in [-0.15, -0.1) is 12.4 Å². The largest absolute Gasteiger partial charge is 0.444 e. The SMILES string of the molecule is CC(C)(C)OC(=O)NCC1(CO)CCNCC1.Cl.